The third-order valence-corrected chi connectivity index (χ3v) is 6.51. The minimum atomic E-state index is 0.0262. The maximum Gasteiger partial charge on any atom is 0.254 e. The molecule has 0 aliphatic carbocycles. The van der Waals surface area contributed by atoms with Crippen molar-refractivity contribution in [2.45, 2.75) is 39.0 Å². The molecule has 0 spiro atoms. The van der Waals surface area contributed by atoms with E-state index in [-0.39, 0.29) is 11.7 Å². The maximum absolute atomic E-state index is 13.1. The summed E-state index contributed by atoms with van der Waals surface area (Å²) in [4.78, 5) is 21.5. The van der Waals surface area contributed by atoms with Gasteiger partial charge in [0.25, 0.3) is 5.91 Å². The molecule has 0 bridgehead atoms. The van der Waals surface area contributed by atoms with Crippen LogP contribution in [-0.4, -0.2) is 43.5 Å². The molecular formula is C28H30N4O3. The van der Waals surface area contributed by atoms with Crippen LogP contribution in [0.25, 0.3) is 0 Å². The van der Waals surface area contributed by atoms with E-state index in [1.807, 2.05) is 59.9 Å². The van der Waals surface area contributed by atoms with Crippen molar-refractivity contribution < 1.29 is 14.3 Å². The van der Waals surface area contributed by atoms with E-state index in [4.69, 9.17) is 4.42 Å². The summed E-state index contributed by atoms with van der Waals surface area (Å²) in [6, 6.07) is 17.3. The van der Waals surface area contributed by atoms with Crippen molar-refractivity contribution in [3.63, 3.8) is 0 Å². The normalized spacial score (nSPS) is 13.2. The number of rotatable bonds is 9. The first-order valence-corrected chi connectivity index (χ1v) is 12.0. The number of carbonyl (C=O) groups excluding carboxylic acids is 1. The molecule has 1 amide bonds. The molecule has 0 radical (unpaired) electrons. The van der Waals surface area contributed by atoms with Gasteiger partial charge in [0.15, 0.2) is 0 Å². The lowest BCUT2D eigenvalue weighted by atomic mass is 9.98. The third kappa shape index (κ3) is 5.81. The summed E-state index contributed by atoms with van der Waals surface area (Å²) in [6.07, 6.45) is 9.14. The van der Waals surface area contributed by atoms with Gasteiger partial charge >= 0.3 is 0 Å². The van der Waals surface area contributed by atoms with E-state index in [1.54, 1.807) is 24.6 Å². The summed E-state index contributed by atoms with van der Waals surface area (Å²) in [7, 11) is 0. The second-order valence-corrected chi connectivity index (χ2v) is 9.07. The minimum absolute atomic E-state index is 0.0262. The van der Waals surface area contributed by atoms with Gasteiger partial charge in [0.1, 0.15) is 11.5 Å². The average Bonchev–Trinajstić information content (AvgIpc) is 3.58. The number of aromatic nitrogens is 2. The Balaban J connectivity index is 1.21. The molecule has 2 aromatic heterocycles. The largest absolute Gasteiger partial charge is 0.508 e. The predicted molar refractivity (Wildman–Crippen MR) is 133 cm³/mol. The van der Waals surface area contributed by atoms with E-state index in [0.29, 0.717) is 18.7 Å². The van der Waals surface area contributed by atoms with Crippen LogP contribution in [0.4, 0.5) is 0 Å². The summed E-state index contributed by atoms with van der Waals surface area (Å²) >= 11 is 0. The van der Waals surface area contributed by atoms with Gasteiger partial charge < -0.3 is 19.0 Å². The van der Waals surface area contributed by atoms with E-state index in [9.17, 15) is 9.90 Å². The Kier molecular flexibility index (Phi) is 6.95. The lowest BCUT2D eigenvalue weighted by molar-refractivity contribution is 0.0734. The highest BCUT2D eigenvalue weighted by molar-refractivity contribution is 5.94. The van der Waals surface area contributed by atoms with E-state index in [0.717, 1.165) is 55.9 Å². The smallest absolute Gasteiger partial charge is 0.254 e. The van der Waals surface area contributed by atoms with Crippen LogP contribution >= 0.6 is 0 Å². The van der Waals surface area contributed by atoms with Crippen molar-refractivity contribution >= 4 is 5.91 Å². The molecule has 0 atom stereocenters. The zero-order chi connectivity index (χ0) is 24.0. The van der Waals surface area contributed by atoms with Crippen molar-refractivity contribution in [2.24, 2.45) is 0 Å². The molecule has 0 saturated heterocycles. The SMILES string of the molecule is O=C(c1ccc(CN(CCCn2ccnc2)Cc2ccco2)cc1)N1CCc2ccc(O)cc2C1. The Labute approximate surface area is 205 Å². The number of amides is 1. The fraction of sp³-hybridized carbons (Fsp3) is 0.286. The van der Waals surface area contributed by atoms with Crippen molar-refractivity contribution in [3.8, 4) is 5.75 Å². The zero-order valence-corrected chi connectivity index (χ0v) is 19.7. The standard InChI is InChI=1S/C28H30N4O3/c33-26-9-8-23-10-14-32(19-25(23)17-26)28(34)24-6-4-22(5-7-24)18-31(20-27-3-1-16-35-27)13-2-12-30-15-11-29-21-30/h1,3-9,11,15-17,21,33H,2,10,12-14,18-20H2. The molecular weight excluding hydrogens is 440 g/mol. The molecule has 1 N–H and O–H groups in total. The van der Waals surface area contributed by atoms with Crippen LogP contribution in [0.1, 0.15) is 39.2 Å². The second-order valence-electron chi connectivity index (χ2n) is 9.07. The monoisotopic (exact) mass is 470 g/mol. The first kappa shape index (κ1) is 22.9. The van der Waals surface area contributed by atoms with Gasteiger partial charge in [-0.15, -0.1) is 0 Å². The first-order chi connectivity index (χ1) is 17.1. The number of hydrogen-bond acceptors (Lipinski definition) is 5. The molecule has 0 saturated carbocycles. The lowest BCUT2D eigenvalue weighted by Gasteiger charge is -2.29. The average molecular weight is 471 g/mol. The number of benzene rings is 2. The lowest BCUT2D eigenvalue weighted by Crippen LogP contribution is -2.35. The van der Waals surface area contributed by atoms with Crippen molar-refractivity contribution in [1.29, 1.82) is 0 Å². The maximum atomic E-state index is 13.1. The number of phenols is 1. The molecule has 5 rings (SSSR count). The molecule has 3 heterocycles. The summed E-state index contributed by atoms with van der Waals surface area (Å²) in [6.45, 7) is 4.55. The fourth-order valence-corrected chi connectivity index (χ4v) is 4.64. The molecule has 2 aromatic carbocycles. The van der Waals surface area contributed by atoms with Crippen LogP contribution in [0.15, 0.2) is 84.0 Å². The molecule has 7 heteroatoms. The Morgan fingerprint density at radius 2 is 1.97 bits per heavy atom. The Hall–Kier alpha value is -3.84. The van der Waals surface area contributed by atoms with Gasteiger partial charge in [-0.3, -0.25) is 9.69 Å². The van der Waals surface area contributed by atoms with Crippen molar-refractivity contribution in [1.82, 2.24) is 19.4 Å². The van der Waals surface area contributed by atoms with Gasteiger partial charge in [-0.05, 0) is 65.9 Å². The molecule has 4 aromatic rings. The third-order valence-electron chi connectivity index (χ3n) is 6.51. The number of hydrogen-bond donors (Lipinski definition) is 1. The van der Waals surface area contributed by atoms with Gasteiger partial charge in [0.2, 0.25) is 0 Å². The van der Waals surface area contributed by atoms with Crippen molar-refractivity contribution in [2.75, 3.05) is 13.1 Å². The molecule has 7 nitrogen and oxygen atoms in total. The van der Waals surface area contributed by atoms with Crippen LogP contribution in [0.5, 0.6) is 5.75 Å². The highest BCUT2D eigenvalue weighted by atomic mass is 16.3. The molecule has 35 heavy (non-hydrogen) atoms. The minimum Gasteiger partial charge on any atom is -0.508 e. The predicted octanol–water partition coefficient (Wildman–Crippen LogP) is 4.47. The Morgan fingerprint density at radius 1 is 1.09 bits per heavy atom. The second kappa shape index (κ2) is 10.6. The Bertz CT molecular complexity index is 1230. The first-order valence-electron chi connectivity index (χ1n) is 12.0. The summed E-state index contributed by atoms with van der Waals surface area (Å²) in [5, 5.41) is 9.80. The zero-order valence-electron chi connectivity index (χ0n) is 19.7. The van der Waals surface area contributed by atoms with Crippen LogP contribution in [-0.2, 0) is 32.6 Å². The van der Waals surface area contributed by atoms with E-state index >= 15 is 0 Å². The highest BCUT2D eigenvalue weighted by Gasteiger charge is 2.22. The van der Waals surface area contributed by atoms with Crippen molar-refractivity contribution in [3.05, 3.63) is 108 Å². The Morgan fingerprint density at radius 3 is 2.74 bits per heavy atom. The topological polar surface area (TPSA) is 74.7 Å². The van der Waals surface area contributed by atoms with Gasteiger partial charge in [-0.1, -0.05) is 18.2 Å². The highest BCUT2D eigenvalue weighted by Crippen LogP contribution is 2.24. The molecule has 180 valence electrons. The van der Waals surface area contributed by atoms with E-state index in [1.165, 1.54) is 5.56 Å². The van der Waals surface area contributed by atoms with Crippen LogP contribution < -0.4 is 0 Å². The number of nitrogens with zero attached hydrogens (tertiary/aromatic N) is 4. The number of aryl methyl sites for hydroxylation is 1. The molecule has 0 unspecified atom stereocenters. The van der Waals surface area contributed by atoms with Gasteiger partial charge in [0.05, 0.1) is 19.1 Å². The van der Waals surface area contributed by atoms with E-state index in [2.05, 4.69) is 14.5 Å². The number of imidazole rings is 1. The van der Waals surface area contributed by atoms with Gasteiger partial charge in [0, 0.05) is 50.7 Å². The van der Waals surface area contributed by atoms with Crippen LogP contribution in [0, 0.1) is 0 Å². The molecule has 1 aliphatic rings. The number of carbonyl (C=O) groups is 1. The number of phenolic OH excluding ortho intramolecular Hbond substituents is 1. The van der Waals surface area contributed by atoms with Crippen LogP contribution in [0.2, 0.25) is 0 Å². The summed E-state index contributed by atoms with van der Waals surface area (Å²) in [5.41, 5.74) is 4.07. The number of furan rings is 1. The van der Waals surface area contributed by atoms with Gasteiger partial charge in [-0.2, -0.15) is 0 Å². The number of fused-ring (bicyclic) bond motifs is 1. The van der Waals surface area contributed by atoms with E-state index < -0.39 is 0 Å². The van der Waals surface area contributed by atoms with Crippen LogP contribution in [0.3, 0.4) is 0 Å². The number of aromatic hydroxyl groups is 1. The molecule has 0 fully saturated rings. The summed E-state index contributed by atoms with van der Waals surface area (Å²) < 4.78 is 7.67. The molecule has 1 aliphatic heterocycles. The quantitative estimate of drug-likeness (QED) is 0.391. The summed E-state index contributed by atoms with van der Waals surface area (Å²) in [5.74, 6) is 1.21. The van der Waals surface area contributed by atoms with Gasteiger partial charge in [-0.25, -0.2) is 4.98 Å². The fourth-order valence-electron chi connectivity index (χ4n) is 4.64.